The number of aryl methyl sites for hydroxylation is 1. The van der Waals surface area contributed by atoms with Crippen molar-refractivity contribution in [1.82, 2.24) is 9.55 Å². The smallest absolute Gasteiger partial charge is 0.419 e. The van der Waals surface area contributed by atoms with Crippen LogP contribution in [0.2, 0.25) is 5.02 Å². The fraction of sp³-hybridized carbons (Fsp3) is 0.375. The van der Waals surface area contributed by atoms with Gasteiger partial charge in [0.1, 0.15) is 17.9 Å². The molecule has 0 aliphatic heterocycles. The molecule has 37 heavy (non-hydrogen) atoms. The van der Waals surface area contributed by atoms with Crippen molar-refractivity contribution in [2.75, 3.05) is 0 Å². The maximum Gasteiger partial charge on any atom is 0.419 e. The number of nitrogens with one attached hydrogen (secondary N) is 1. The number of nitrogens with zero attached hydrogens (tertiary/aromatic N) is 2. The van der Waals surface area contributed by atoms with Crippen molar-refractivity contribution in [1.29, 1.82) is 5.41 Å². The van der Waals surface area contributed by atoms with Crippen LogP contribution in [0.4, 0.5) is 0 Å². The highest BCUT2D eigenvalue weighted by atomic mass is 35.5. The molecular formula is C24H30ClN5O7. The van der Waals surface area contributed by atoms with Gasteiger partial charge in [-0.15, -0.1) is 0 Å². The van der Waals surface area contributed by atoms with E-state index in [1.165, 1.54) is 16.7 Å². The average molecular weight is 536 g/mol. The van der Waals surface area contributed by atoms with Crippen LogP contribution >= 0.6 is 11.6 Å². The second-order valence-corrected chi connectivity index (χ2v) is 8.55. The molecule has 0 saturated carbocycles. The molecule has 0 unspecified atom stereocenters. The van der Waals surface area contributed by atoms with Gasteiger partial charge in [0.05, 0.1) is 28.5 Å². The molecule has 1 aromatic carbocycles. The summed E-state index contributed by atoms with van der Waals surface area (Å²) in [6.45, 7) is 1.83. The Morgan fingerprint density at radius 2 is 1.97 bits per heavy atom. The Labute approximate surface area is 217 Å². The number of hydrogen-bond donors (Lipinski definition) is 5. The zero-order valence-electron chi connectivity index (χ0n) is 20.2. The first-order valence-electron chi connectivity index (χ1n) is 11.4. The van der Waals surface area contributed by atoms with Gasteiger partial charge in [-0.3, -0.25) is 24.5 Å². The van der Waals surface area contributed by atoms with E-state index < -0.39 is 23.7 Å². The molecule has 0 radical (unpaired) electrons. The number of carboxylic acid groups (broad SMARTS) is 2. The van der Waals surface area contributed by atoms with Crippen LogP contribution in [0.3, 0.4) is 0 Å². The van der Waals surface area contributed by atoms with Gasteiger partial charge in [-0.2, -0.15) is 0 Å². The van der Waals surface area contributed by atoms with Gasteiger partial charge in [0.15, 0.2) is 5.58 Å². The predicted octanol–water partition coefficient (Wildman–Crippen LogP) is 3.15. The lowest BCUT2D eigenvalue weighted by atomic mass is 10.1. The van der Waals surface area contributed by atoms with Crippen LogP contribution in [-0.4, -0.2) is 43.6 Å². The van der Waals surface area contributed by atoms with Crippen LogP contribution in [0.1, 0.15) is 50.8 Å². The molecule has 0 saturated heterocycles. The molecule has 13 heteroatoms. The van der Waals surface area contributed by atoms with E-state index in [0.717, 1.165) is 12.1 Å². The number of rotatable bonds is 12. The number of oxazole rings is 1. The molecule has 12 nitrogen and oxygen atoms in total. The van der Waals surface area contributed by atoms with Crippen LogP contribution in [0, 0.1) is 5.41 Å². The largest absolute Gasteiger partial charge is 0.483 e. The monoisotopic (exact) mass is 535 g/mol. The number of aliphatic carboxylic acids is 2. The van der Waals surface area contributed by atoms with Crippen LogP contribution in [0.15, 0.2) is 45.7 Å². The van der Waals surface area contributed by atoms with Gasteiger partial charge in [-0.05, 0) is 38.0 Å². The molecule has 0 amide bonds. The van der Waals surface area contributed by atoms with Crippen LogP contribution in [-0.2, 0) is 16.1 Å². The Morgan fingerprint density at radius 3 is 2.57 bits per heavy atom. The maximum atomic E-state index is 11.9. The first kappa shape index (κ1) is 29.3. The Bertz CT molecular complexity index is 1280. The van der Waals surface area contributed by atoms with Gasteiger partial charge < -0.3 is 30.8 Å². The van der Waals surface area contributed by atoms with Gasteiger partial charge in [0, 0.05) is 25.2 Å². The van der Waals surface area contributed by atoms with Crippen molar-refractivity contribution >= 4 is 40.5 Å². The number of nitrogens with two attached hydrogens (primary N) is 2. The Kier molecular flexibility index (Phi) is 11.1. The van der Waals surface area contributed by atoms with E-state index in [2.05, 4.69) is 4.98 Å². The third-order valence-electron chi connectivity index (χ3n) is 5.21. The Balaban J connectivity index is 0.000000341. The average Bonchev–Trinajstić information content (AvgIpc) is 3.14. The summed E-state index contributed by atoms with van der Waals surface area (Å²) in [7, 11) is 0. The van der Waals surface area contributed by atoms with Crippen molar-refractivity contribution in [2.24, 2.45) is 11.5 Å². The van der Waals surface area contributed by atoms with Crippen molar-refractivity contribution in [3.05, 3.63) is 57.8 Å². The second-order valence-electron chi connectivity index (χ2n) is 8.14. The topological polar surface area (TPSA) is 208 Å². The van der Waals surface area contributed by atoms with Gasteiger partial charge in [-0.1, -0.05) is 24.1 Å². The van der Waals surface area contributed by atoms with E-state index >= 15 is 0 Å². The zero-order chi connectivity index (χ0) is 27.5. The molecule has 2 aromatic heterocycles. The van der Waals surface area contributed by atoms with E-state index in [1.54, 1.807) is 6.20 Å². The van der Waals surface area contributed by atoms with Crippen molar-refractivity contribution in [3.63, 3.8) is 0 Å². The molecule has 200 valence electrons. The fourth-order valence-electron chi connectivity index (χ4n) is 3.24. The number of halogens is 1. The maximum absolute atomic E-state index is 11.9. The lowest BCUT2D eigenvalue weighted by Crippen LogP contribution is -2.29. The summed E-state index contributed by atoms with van der Waals surface area (Å²) in [5, 5.41) is 24.4. The number of unbranched alkanes of at least 4 members (excludes halogenated alkanes) is 1. The summed E-state index contributed by atoms with van der Waals surface area (Å²) in [5.74, 6) is -2.12. The standard InChI is InChI=1S/C17H15ClN2O5.C7H15N3O2/c1-10(12-4-2-3-6-19-12)24-14-9-15-13(8-11(14)18)20(17(23)25-15)7-5-16(21)22;8-5(7(11)12)3-1-2-4-6(9)10/h2-4,6,8-10H,5,7H2,1H3,(H,21,22);5H,1-4,8H2,(H3,9,10)(H,11,12)/t10-;5-/m10/s1. The van der Waals surface area contributed by atoms with Gasteiger partial charge >= 0.3 is 17.7 Å². The molecule has 0 aliphatic rings. The van der Waals surface area contributed by atoms with E-state index in [-0.39, 0.29) is 30.5 Å². The summed E-state index contributed by atoms with van der Waals surface area (Å²) in [6.07, 6.45) is 3.53. The first-order chi connectivity index (χ1) is 17.5. The highest BCUT2D eigenvalue weighted by molar-refractivity contribution is 6.32. The summed E-state index contributed by atoms with van der Waals surface area (Å²) >= 11 is 6.26. The number of ether oxygens (including phenoxy) is 1. The normalized spacial score (nSPS) is 12.3. The minimum atomic E-state index is -1.00. The second kappa shape index (κ2) is 14.0. The number of carbonyl (C=O) groups is 2. The van der Waals surface area contributed by atoms with Crippen LogP contribution < -0.4 is 22.0 Å². The van der Waals surface area contributed by atoms with Crippen molar-refractivity contribution in [2.45, 2.75) is 57.7 Å². The highest BCUT2D eigenvalue weighted by Crippen LogP contribution is 2.32. The SMILES string of the molecule is C[C@@H](Oc1cc2oc(=O)n(CCC(=O)O)c2cc1Cl)c1ccccn1.N=C(N)CCCC[C@H](N)C(=O)O. The Morgan fingerprint density at radius 1 is 1.24 bits per heavy atom. The van der Waals surface area contributed by atoms with Gasteiger partial charge in [0.2, 0.25) is 0 Å². The first-order valence-corrected chi connectivity index (χ1v) is 11.8. The summed E-state index contributed by atoms with van der Waals surface area (Å²) in [6, 6.07) is 7.77. The highest BCUT2D eigenvalue weighted by Gasteiger charge is 2.17. The molecule has 0 spiro atoms. The minimum absolute atomic E-state index is 0.00202. The lowest BCUT2D eigenvalue weighted by molar-refractivity contribution is -0.139. The number of amidine groups is 1. The minimum Gasteiger partial charge on any atom is -0.483 e. The number of fused-ring (bicyclic) bond motifs is 1. The molecule has 2 atom stereocenters. The summed E-state index contributed by atoms with van der Waals surface area (Å²) < 4.78 is 12.2. The third kappa shape index (κ3) is 9.24. The van der Waals surface area contributed by atoms with Crippen LogP contribution in [0.25, 0.3) is 11.1 Å². The number of benzene rings is 1. The van der Waals surface area contributed by atoms with E-state index in [4.69, 9.17) is 47.8 Å². The molecule has 2 heterocycles. The van der Waals surface area contributed by atoms with Gasteiger partial charge in [0.25, 0.3) is 0 Å². The van der Waals surface area contributed by atoms with Crippen molar-refractivity contribution in [3.8, 4) is 5.75 Å². The lowest BCUT2D eigenvalue weighted by Gasteiger charge is -2.15. The van der Waals surface area contributed by atoms with E-state index in [9.17, 15) is 14.4 Å². The molecule has 0 fully saturated rings. The number of aromatic nitrogens is 2. The quantitative estimate of drug-likeness (QED) is 0.130. The van der Waals surface area contributed by atoms with Crippen LogP contribution in [0.5, 0.6) is 5.75 Å². The number of carboxylic acids is 2. The summed E-state index contributed by atoms with van der Waals surface area (Å²) in [5.41, 5.74) is 11.8. The molecule has 3 aromatic rings. The Hall–Kier alpha value is -3.90. The molecule has 3 rings (SSSR count). The number of pyridine rings is 1. The molecular weight excluding hydrogens is 506 g/mol. The third-order valence-corrected chi connectivity index (χ3v) is 5.50. The van der Waals surface area contributed by atoms with Crippen molar-refractivity contribution < 1.29 is 29.0 Å². The van der Waals surface area contributed by atoms with Gasteiger partial charge in [-0.25, -0.2) is 4.79 Å². The molecule has 7 N–H and O–H groups in total. The molecule has 0 aliphatic carbocycles. The summed E-state index contributed by atoms with van der Waals surface area (Å²) in [4.78, 5) is 37.1. The zero-order valence-corrected chi connectivity index (χ0v) is 21.0. The predicted molar refractivity (Wildman–Crippen MR) is 137 cm³/mol. The molecule has 0 bridgehead atoms. The van der Waals surface area contributed by atoms with E-state index in [0.29, 0.717) is 35.6 Å². The fourth-order valence-corrected chi connectivity index (χ4v) is 3.45. The van der Waals surface area contributed by atoms with E-state index in [1.807, 2.05) is 25.1 Å². The number of hydrogen-bond acceptors (Lipinski definition) is 8.